The topological polar surface area (TPSA) is 0 Å². The molecule has 0 saturated heterocycles. The summed E-state index contributed by atoms with van der Waals surface area (Å²) in [5.41, 5.74) is 0. The fraction of sp³-hybridized carbons (Fsp3) is 0. The van der Waals surface area contributed by atoms with Crippen LogP contribution < -0.4 is 7.22 Å². The molecule has 0 atom stereocenters. The van der Waals surface area contributed by atoms with Gasteiger partial charge in [-0.05, 0) is 0 Å². The van der Waals surface area contributed by atoms with E-state index in [1.165, 1.54) is 22.5 Å². The predicted octanol–water partition coefficient (Wildman–Crippen LogP) is 5.03. The number of hydrogen-bond acceptors (Lipinski definition) is 0. The first kappa shape index (κ1) is 15.5. The Hall–Kier alpha value is 0.650. The molecule has 0 aliphatic heterocycles. The third-order valence-electron chi connectivity index (χ3n) is 3.13. The Balaban J connectivity index is 2.30. The van der Waals surface area contributed by atoms with Crippen LogP contribution in [0.15, 0.2) is 71.2 Å². The van der Waals surface area contributed by atoms with Gasteiger partial charge in [-0.1, -0.05) is 0 Å². The number of halogens is 3. The third kappa shape index (κ3) is 2.91. The zero-order valence-electron chi connectivity index (χ0n) is 10.4. The summed E-state index contributed by atoms with van der Waals surface area (Å²) in [7, 11) is -2.35. The summed E-state index contributed by atoms with van der Waals surface area (Å²) in [6.07, 6.45) is 0. The standard InChI is InChI=1S/C16H11BrI2Te/c17-14-10-4-6-12-7-5-11-15(16(12)14)20(18,19)13-8-2-1-3-9-13/h1-11H. The summed E-state index contributed by atoms with van der Waals surface area (Å²) in [5, 5.41) is 2.70. The molecule has 0 N–H and O–H groups in total. The van der Waals surface area contributed by atoms with Crippen LogP contribution in [0.1, 0.15) is 0 Å². The second-order valence-corrected chi connectivity index (χ2v) is 39.5. The van der Waals surface area contributed by atoms with Crippen LogP contribution in [0.25, 0.3) is 10.8 Å². The minimum absolute atomic E-state index is 1.20. The van der Waals surface area contributed by atoms with Crippen LogP contribution in [-0.4, -0.2) is 10.3 Å². The van der Waals surface area contributed by atoms with Gasteiger partial charge >= 0.3 is 153 Å². The Labute approximate surface area is 150 Å². The van der Waals surface area contributed by atoms with Crippen molar-refractivity contribution in [2.45, 2.75) is 0 Å². The van der Waals surface area contributed by atoms with Crippen LogP contribution >= 0.6 is 53.3 Å². The van der Waals surface area contributed by atoms with Crippen LogP contribution in [0.5, 0.6) is 0 Å². The van der Waals surface area contributed by atoms with E-state index in [1.54, 1.807) is 0 Å². The van der Waals surface area contributed by atoms with E-state index < -0.39 is 10.3 Å². The molecule has 102 valence electrons. The van der Waals surface area contributed by atoms with Crippen molar-refractivity contribution in [3.8, 4) is 0 Å². The maximum absolute atomic E-state index is 3.74. The Bertz CT molecular complexity index is 752. The van der Waals surface area contributed by atoms with Crippen molar-refractivity contribution in [2.75, 3.05) is 0 Å². The predicted molar refractivity (Wildman–Crippen MR) is 111 cm³/mol. The molecular formula is C16H11BrI2Te. The summed E-state index contributed by atoms with van der Waals surface area (Å²) in [5.74, 6) is 0. The monoisotopic (exact) mass is 666 g/mol. The molecule has 0 fully saturated rings. The van der Waals surface area contributed by atoms with E-state index in [0.717, 1.165) is 0 Å². The van der Waals surface area contributed by atoms with Crippen molar-refractivity contribution in [1.29, 1.82) is 0 Å². The van der Waals surface area contributed by atoms with Gasteiger partial charge in [0.1, 0.15) is 0 Å². The van der Waals surface area contributed by atoms with Crippen molar-refractivity contribution >= 4 is 81.6 Å². The molecule has 20 heavy (non-hydrogen) atoms. The molecule has 0 radical (unpaired) electrons. The van der Waals surface area contributed by atoms with Gasteiger partial charge in [-0.2, -0.15) is 0 Å². The van der Waals surface area contributed by atoms with Crippen molar-refractivity contribution < 1.29 is 0 Å². The van der Waals surface area contributed by atoms with Crippen LogP contribution in [0.4, 0.5) is 0 Å². The van der Waals surface area contributed by atoms with E-state index in [9.17, 15) is 0 Å². The minimum atomic E-state index is -2.35. The third-order valence-corrected chi connectivity index (χ3v) is 22.0. The second kappa shape index (κ2) is 6.41. The van der Waals surface area contributed by atoms with E-state index in [0.29, 0.717) is 0 Å². The first-order valence-corrected chi connectivity index (χ1v) is 22.8. The second-order valence-electron chi connectivity index (χ2n) is 4.38. The van der Waals surface area contributed by atoms with Gasteiger partial charge in [0.05, 0.1) is 0 Å². The number of hydrogen-bond donors (Lipinski definition) is 0. The normalized spacial score (nSPS) is 12.6. The summed E-state index contributed by atoms with van der Waals surface area (Å²) in [6, 6.07) is 24.1. The van der Waals surface area contributed by atoms with Crippen LogP contribution in [0, 0.1) is 0 Å². The zero-order valence-corrected chi connectivity index (χ0v) is 18.6. The first-order valence-electron chi connectivity index (χ1n) is 6.05. The quantitative estimate of drug-likeness (QED) is 0.267. The van der Waals surface area contributed by atoms with Gasteiger partial charge in [-0.3, -0.25) is 0 Å². The van der Waals surface area contributed by atoms with Crippen LogP contribution in [0.2, 0.25) is 0 Å². The average molecular weight is 665 g/mol. The van der Waals surface area contributed by atoms with E-state index in [4.69, 9.17) is 0 Å². The molecule has 0 nitrogen and oxygen atoms in total. The molecule has 4 heteroatoms. The molecule has 3 aromatic rings. The summed E-state index contributed by atoms with van der Waals surface area (Å²) in [6.45, 7) is 0. The van der Waals surface area contributed by atoms with Gasteiger partial charge < -0.3 is 0 Å². The fourth-order valence-corrected chi connectivity index (χ4v) is 16.3. The number of rotatable bonds is 2. The molecule has 0 saturated carbocycles. The molecule has 0 aliphatic rings. The van der Waals surface area contributed by atoms with Crippen LogP contribution in [-0.2, 0) is 0 Å². The molecular weight excluding hydrogens is 653 g/mol. The molecule has 0 aromatic heterocycles. The van der Waals surface area contributed by atoms with Gasteiger partial charge in [0.15, 0.2) is 0 Å². The molecule has 0 unspecified atom stereocenters. The van der Waals surface area contributed by atoms with E-state index >= 15 is 0 Å². The number of benzene rings is 3. The van der Waals surface area contributed by atoms with Gasteiger partial charge in [0, 0.05) is 0 Å². The van der Waals surface area contributed by atoms with Gasteiger partial charge in [0.25, 0.3) is 0 Å². The Morgan fingerprint density at radius 1 is 0.750 bits per heavy atom. The van der Waals surface area contributed by atoms with E-state index in [-0.39, 0.29) is 0 Å². The SMILES string of the molecule is Brc1cccc2cccc([Te](I)(I)c3ccccc3)c12. The van der Waals surface area contributed by atoms with E-state index in [1.807, 2.05) is 0 Å². The Morgan fingerprint density at radius 3 is 2.10 bits per heavy atom. The maximum atomic E-state index is 3.74. The van der Waals surface area contributed by atoms with Crippen LogP contribution in [0.3, 0.4) is 0 Å². The first-order chi connectivity index (χ1) is 9.60. The zero-order chi connectivity index (χ0) is 14.2. The molecule has 0 spiro atoms. The van der Waals surface area contributed by atoms with E-state index in [2.05, 4.69) is 120 Å². The molecule has 0 bridgehead atoms. The summed E-state index contributed by atoms with van der Waals surface area (Å²) < 4.78 is 4.22. The van der Waals surface area contributed by atoms with Gasteiger partial charge in [0.2, 0.25) is 0 Å². The Morgan fingerprint density at radius 2 is 1.40 bits per heavy atom. The summed E-state index contributed by atoms with van der Waals surface area (Å²) >= 11 is 9.19. The molecule has 0 amide bonds. The number of fused-ring (bicyclic) bond motifs is 1. The van der Waals surface area contributed by atoms with Crippen molar-refractivity contribution in [2.24, 2.45) is 0 Å². The van der Waals surface area contributed by atoms with Gasteiger partial charge in [-0.25, -0.2) is 0 Å². The Kier molecular flexibility index (Phi) is 4.98. The van der Waals surface area contributed by atoms with Gasteiger partial charge in [-0.15, -0.1) is 0 Å². The summed E-state index contributed by atoms with van der Waals surface area (Å²) in [4.78, 5) is 0. The average Bonchev–Trinajstić information content (AvgIpc) is 2.48. The van der Waals surface area contributed by atoms with Crippen molar-refractivity contribution in [3.63, 3.8) is 0 Å². The molecule has 0 aliphatic carbocycles. The molecule has 3 aromatic carbocycles. The fourth-order valence-electron chi connectivity index (χ4n) is 2.19. The van der Waals surface area contributed by atoms with Crippen molar-refractivity contribution in [1.82, 2.24) is 0 Å². The molecule has 3 rings (SSSR count). The molecule has 0 heterocycles. The van der Waals surface area contributed by atoms with Crippen molar-refractivity contribution in [3.05, 3.63) is 71.2 Å².